The van der Waals surface area contributed by atoms with Gasteiger partial charge in [0.1, 0.15) is 6.29 Å². The predicted octanol–water partition coefficient (Wildman–Crippen LogP) is 5.75. The fraction of sp³-hybridized carbons (Fsp3) is 0.550. The zero-order valence-corrected chi connectivity index (χ0v) is 15.1. The number of ether oxygens (including phenoxy) is 1. The predicted molar refractivity (Wildman–Crippen MR) is 97.3 cm³/mol. The molecule has 126 valence electrons. The first-order valence-corrected chi connectivity index (χ1v) is 8.22. The highest BCUT2D eigenvalue weighted by Gasteiger charge is 2.06. The number of methoxy groups -OCH3 is 1. The summed E-state index contributed by atoms with van der Waals surface area (Å²) in [5.41, 5.74) is 1.94. The molecule has 0 fully saturated rings. The Labute approximate surface area is 137 Å². The number of carbonyl (C=O) groups excluding carboxylic acids is 1. The van der Waals surface area contributed by atoms with E-state index in [0.29, 0.717) is 12.0 Å². The molecule has 2 nitrogen and oxygen atoms in total. The third-order valence-corrected chi connectivity index (χ3v) is 3.04. The van der Waals surface area contributed by atoms with Crippen LogP contribution >= 0.6 is 0 Å². The third-order valence-electron chi connectivity index (χ3n) is 3.04. The number of rotatable bonds is 7. The summed E-state index contributed by atoms with van der Waals surface area (Å²) in [6.07, 6.45) is 6.32. The van der Waals surface area contributed by atoms with Gasteiger partial charge in [0.25, 0.3) is 0 Å². The number of aryl methyl sites for hydroxylation is 1. The third kappa shape index (κ3) is 16.6. The van der Waals surface area contributed by atoms with E-state index in [0.717, 1.165) is 19.1 Å². The lowest BCUT2D eigenvalue weighted by atomic mass is 10.1. The van der Waals surface area contributed by atoms with Crippen molar-refractivity contribution in [2.45, 2.75) is 65.9 Å². The largest absolute Gasteiger partial charge is 0.381 e. The number of aldehydes is 1. The fourth-order valence-corrected chi connectivity index (χ4v) is 1.50. The molecule has 22 heavy (non-hydrogen) atoms. The summed E-state index contributed by atoms with van der Waals surface area (Å²) in [7, 11) is 1.67. The van der Waals surface area contributed by atoms with Crippen molar-refractivity contribution in [3.05, 3.63) is 48.0 Å². The Morgan fingerprint density at radius 2 is 1.68 bits per heavy atom. The summed E-state index contributed by atoms with van der Waals surface area (Å²) in [5.74, 6) is 0. The highest BCUT2D eigenvalue weighted by molar-refractivity contribution is 5.71. The molecule has 2 heteroatoms. The molecule has 0 aliphatic rings. The molecule has 1 atom stereocenters. The first-order valence-electron chi connectivity index (χ1n) is 8.22. The monoisotopic (exact) mass is 306 g/mol. The van der Waals surface area contributed by atoms with E-state index >= 15 is 0 Å². The second-order valence-corrected chi connectivity index (χ2v) is 5.28. The molecule has 0 amide bonds. The molecule has 1 rings (SSSR count). The topological polar surface area (TPSA) is 26.3 Å². The summed E-state index contributed by atoms with van der Waals surface area (Å²) in [6, 6.07) is 10.3. The van der Waals surface area contributed by atoms with Crippen LogP contribution in [0.25, 0.3) is 0 Å². The Balaban J connectivity index is 0. The highest BCUT2D eigenvalue weighted by Crippen LogP contribution is 2.09. The molecule has 0 saturated heterocycles. The van der Waals surface area contributed by atoms with Gasteiger partial charge in [-0.15, -0.1) is 0 Å². The normalized spacial score (nSPS) is 10.4. The minimum Gasteiger partial charge on any atom is -0.381 e. The van der Waals surface area contributed by atoms with E-state index in [4.69, 9.17) is 4.74 Å². The van der Waals surface area contributed by atoms with Crippen LogP contribution in [-0.2, 0) is 9.53 Å². The Morgan fingerprint density at radius 3 is 1.95 bits per heavy atom. The van der Waals surface area contributed by atoms with Crippen molar-refractivity contribution in [1.29, 1.82) is 0 Å². The second kappa shape index (κ2) is 17.6. The van der Waals surface area contributed by atoms with Crippen LogP contribution in [0.1, 0.15) is 58.4 Å². The Hall–Kier alpha value is -1.41. The first kappa shape index (κ1) is 22.9. The Morgan fingerprint density at radius 1 is 1.14 bits per heavy atom. The van der Waals surface area contributed by atoms with Crippen molar-refractivity contribution in [2.24, 2.45) is 0 Å². The number of carbonyl (C=O) groups is 1. The van der Waals surface area contributed by atoms with Gasteiger partial charge in [-0.2, -0.15) is 0 Å². The molecule has 1 aromatic carbocycles. The van der Waals surface area contributed by atoms with Gasteiger partial charge in [0.05, 0.1) is 6.10 Å². The van der Waals surface area contributed by atoms with E-state index in [1.54, 1.807) is 7.11 Å². The van der Waals surface area contributed by atoms with Gasteiger partial charge in [-0.25, -0.2) is 0 Å². The molecule has 0 aromatic heterocycles. The van der Waals surface area contributed by atoms with Crippen molar-refractivity contribution in [1.82, 2.24) is 0 Å². The molecule has 1 aromatic rings. The van der Waals surface area contributed by atoms with Gasteiger partial charge in [0.2, 0.25) is 0 Å². The van der Waals surface area contributed by atoms with Gasteiger partial charge < -0.3 is 4.74 Å². The SMILES string of the molecule is C=C(C=O)CC(CCC)OC.CCCC.Cc1ccccc1. The van der Waals surface area contributed by atoms with Crippen LogP contribution in [0.15, 0.2) is 42.5 Å². The van der Waals surface area contributed by atoms with Crippen molar-refractivity contribution >= 4 is 6.29 Å². The van der Waals surface area contributed by atoms with E-state index in [9.17, 15) is 4.79 Å². The van der Waals surface area contributed by atoms with Crippen molar-refractivity contribution < 1.29 is 9.53 Å². The second-order valence-electron chi connectivity index (χ2n) is 5.28. The average Bonchev–Trinajstić information content (AvgIpc) is 2.55. The molecule has 0 saturated carbocycles. The van der Waals surface area contributed by atoms with Gasteiger partial charge in [0.15, 0.2) is 0 Å². The molecule has 0 N–H and O–H groups in total. The Kier molecular flexibility index (Phi) is 18.3. The van der Waals surface area contributed by atoms with Crippen LogP contribution in [0.2, 0.25) is 0 Å². The van der Waals surface area contributed by atoms with Gasteiger partial charge in [-0.1, -0.05) is 82.5 Å². The number of benzene rings is 1. The van der Waals surface area contributed by atoms with Crippen molar-refractivity contribution in [3.63, 3.8) is 0 Å². The maximum absolute atomic E-state index is 10.2. The summed E-state index contributed by atoms with van der Waals surface area (Å²) in [6.45, 7) is 12.1. The lowest BCUT2D eigenvalue weighted by Crippen LogP contribution is -2.11. The molecular weight excluding hydrogens is 272 g/mol. The van der Waals surface area contributed by atoms with E-state index in [2.05, 4.69) is 46.4 Å². The maximum atomic E-state index is 10.2. The maximum Gasteiger partial charge on any atom is 0.145 e. The minimum atomic E-state index is 0.165. The minimum absolute atomic E-state index is 0.165. The van der Waals surface area contributed by atoms with E-state index in [1.807, 2.05) is 18.2 Å². The van der Waals surface area contributed by atoms with Crippen molar-refractivity contribution in [2.75, 3.05) is 7.11 Å². The van der Waals surface area contributed by atoms with E-state index in [1.165, 1.54) is 18.4 Å². The lowest BCUT2D eigenvalue weighted by molar-refractivity contribution is -0.105. The average molecular weight is 306 g/mol. The zero-order valence-electron chi connectivity index (χ0n) is 15.1. The summed E-state index contributed by atoms with van der Waals surface area (Å²) in [4.78, 5) is 10.2. The number of hydrogen-bond acceptors (Lipinski definition) is 2. The van der Waals surface area contributed by atoms with Gasteiger partial charge in [-0.05, 0) is 18.9 Å². The molecule has 0 heterocycles. The Bertz CT molecular complexity index is 355. The van der Waals surface area contributed by atoms with Crippen LogP contribution in [0.3, 0.4) is 0 Å². The van der Waals surface area contributed by atoms with Crippen molar-refractivity contribution in [3.8, 4) is 0 Å². The van der Waals surface area contributed by atoms with Gasteiger partial charge in [0, 0.05) is 13.5 Å². The molecule has 0 spiro atoms. The standard InChI is InChI=1S/C9H16O2.C7H8.C4H10/c1-4-5-9(11-3)6-8(2)7-10;1-7-5-3-2-4-6-7;1-3-4-2/h7,9H,2,4-6H2,1,3H3;2-6H,1H3;3-4H2,1-2H3. The van der Waals surface area contributed by atoms with Crippen LogP contribution in [-0.4, -0.2) is 19.5 Å². The summed E-state index contributed by atoms with van der Waals surface area (Å²) < 4.78 is 5.14. The lowest BCUT2D eigenvalue weighted by Gasteiger charge is -2.12. The summed E-state index contributed by atoms with van der Waals surface area (Å²) >= 11 is 0. The summed E-state index contributed by atoms with van der Waals surface area (Å²) in [5, 5.41) is 0. The molecule has 0 aliphatic carbocycles. The van der Waals surface area contributed by atoms with Crippen LogP contribution < -0.4 is 0 Å². The highest BCUT2D eigenvalue weighted by atomic mass is 16.5. The smallest absolute Gasteiger partial charge is 0.145 e. The van der Waals surface area contributed by atoms with E-state index in [-0.39, 0.29) is 6.10 Å². The van der Waals surface area contributed by atoms with Crippen LogP contribution in [0, 0.1) is 6.92 Å². The van der Waals surface area contributed by atoms with Gasteiger partial charge >= 0.3 is 0 Å². The quantitative estimate of drug-likeness (QED) is 0.473. The molecule has 0 bridgehead atoms. The zero-order chi connectivity index (χ0) is 17.2. The van der Waals surface area contributed by atoms with Crippen LogP contribution in [0.5, 0.6) is 0 Å². The number of unbranched alkanes of at least 4 members (excludes halogenated alkanes) is 1. The molecule has 0 aliphatic heterocycles. The molecular formula is C20H34O2. The molecule has 0 radical (unpaired) electrons. The first-order chi connectivity index (χ1) is 10.5. The fourth-order valence-electron chi connectivity index (χ4n) is 1.50. The van der Waals surface area contributed by atoms with Gasteiger partial charge in [-0.3, -0.25) is 4.79 Å². The number of hydrogen-bond donors (Lipinski definition) is 0. The van der Waals surface area contributed by atoms with Crippen LogP contribution in [0.4, 0.5) is 0 Å². The van der Waals surface area contributed by atoms with E-state index < -0.39 is 0 Å². The molecule has 1 unspecified atom stereocenters.